The second-order valence-electron chi connectivity index (χ2n) is 3.81. The van der Waals surface area contributed by atoms with Gasteiger partial charge in [0, 0.05) is 10.2 Å². The molecule has 19 heavy (non-hydrogen) atoms. The first-order valence-electron chi connectivity index (χ1n) is 5.29. The highest BCUT2D eigenvalue weighted by Gasteiger charge is 2.11. The predicted molar refractivity (Wildman–Crippen MR) is 72.9 cm³/mol. The predicted octanol–water partition coefficient (Wildman–Crippen LogP) is 3.56. The highest BCUT2D eigenvalue weighted by Crippen LogP contribution is 2.21. The summed E-state index contributed by atoms with van der Waals surface area (Å²) < 4.78 is 26.5. The molecule has 0 aliphatic carbocycles. The van der Waals surface area contributed by atoms with Crippen molar-refractivity contribution in [3.63, 3.8) is 0 Å². The topological polar surface area (TPSA) is 55.1 Å². The maximum atomic E-state index is 13.2. The summed E-state index contributed by atoms with van der Waals surface area (Å²) >= 11 is 3.09. The first-order valence-corrected chi connectivity index (χ1v) is 6.08. The monoisotopic (exact) mass is 326 g/mol. The van der Waals surface area contributed by atoms with E-state index in [4.69, 9.17) is 5.73 Å². The molecule has 6 heteroatoms. The van der Waals surface area contributed by atoms with E-state index >= 15 is 0 Å². The molecule has 0 atom stereocenters. The number of halogens is 3. The average Bonchev–Trinajstić information content (AvgIpc) is 2.33. The van der Waals surface area contributed by atoms with Crippen molar-refractivity contribution in [2.75, 3.05) is 11.1 Å². The molecule has 3 nitrogen and oxygen atoms in total. The molecule has 2 aromatic rings. The highest BCUT2D eigenvalue weighted by molar-refractivity contribution is 9.10. The Hall–Kier alpha value is -1.95. The van der Waals surface area contributed by atoms with E-state index in [0.717, 1.165) is 6.07 Å². The molecule has 0 radical (unpaired) electrons. The molecule has 0 spiro atoms. The Bertz CT molecular complexity index is 647. The van der Waals surface area contributed by atoms with Crippen LogP contribution in [0.1, 0.15) is 10.4 Å². The van der Waals surface area contributed by atoms with Gasteiger partial charge in [0.1, 0.15) is 11.6 Å². The number of nitrogen functional groups attached to an aromatic ring is 1. The number of carbonyl (C=O) groups excluding carboxylic acids is 1. The van der Waals surface area contributed by atoms with Crippen LogP contribution in [-0.4, -0.2) is 5.91 Å². The van der Waals surface area contributed by atoms with E-state index < -0.39 is 17.5 Å². The fraction of sp³-hybridized carbons (Fsp3) is 0. The van der Waals surface area contributed by atoms with Crippen LogP contribution in [0.15, 0.2) is 40.9 Å². The summed E-state index contributed by atoms with van der Waals surface area (Å²) in [5.74, 6) is -1.55. The maximum absolute atomic E-state index is 13.2. The van der Waals surface area contributed by atoms with Gasteiger partial charge in [-0.05, 0) is 52.3 Å². The fourth-order valence-electron chi connectivity index (χ4n) is 1.48. The van der Waals surface area contributed by atoms with E-state index in [0.29, 0.717) is 4.47 Å². The Morgan fingerprint density at radius 1 is 1.16 bits per heavy atom. The molecule has 0 bridgehead atoms. The Morgan fingerprint density at radius 3 is 2.53 bits per heavy atom. The number of benzene rings is 2. The van der Waals surface area contributed by atoms with Crippen LogP contribution >= 0.6 is 15.9 Å². The number of rotatable bonds is 2. The largest absolute Gasteiger partial charge is 0.396 e. The van der Waals surface area contributed by atoms with Crippen molar-refractivity contribution in [3.8, 4) is 0 Å². The van der Waals surface area contributed by atoms with Gasteiger partial charge in [-0.2, -0.15) is 0 Å². The fourth-order valence-corrected chi connectivity index (χ4v) is 2.01. The summed E-state index contributed by atoms with van der Waals surface area (Å²) in [5.41, 5.74) is 5.86. The zero-order chi connectivity index (χ0) is 14.0. The molecular formula is C13H9BrF2N2O. The molecule has 0 saturated carbocycles. The lowest BCUT2D eigenvalue weighted by Gasteiger charge is -2.07. The third-order valence-corrected chi connectivity index (χ3v) is 3.09. The smallest absolute Gasteiger partial charge is 0.256 e. The Labute approximate surface area is 116 Å². The van der Waals surface area contributed by atoms with Gasteiger partial charge >= 0.3 is 0 Å². The zero-order valence-corrected chi connectivity index (χ0v) is 11.2. The van der Waals surface area contributed by atoms with Crippen LogP contribution in [-0.2, 0) is 0 Å². The Kier molecular flexibility index (Phi) is 3.80. The lowest BCUT2D eigenvalue weighted by molar-refractivity contribution is 0.102. The first-order chi connectivity index (χ1) is 8.97. The van der Waals surface area contributed by atoms with E-state index in [9.17, 15) is 13.6 Å². The third kappa shape index (κ3) is 3.08. The van der Waals surface area contributed by atoms with Crippen LogP contribution in [0.3, 0.4) is 0 Å². The maximum Gasteiger partial charge on any atom is 0.256 e. The molecule has 3 N–H and O–H groups in total. The van der Waals surface area contributed by atoms with Crippen LogP contribution < -0.4 is 11.1 Å². The highest BCUT2D eigenvalue weighted by atomic mass is 79.9. The molecule has 0 saturated heterocycles. The Balaban J connectivity index is 2.23. The van der Waals surface area contributed by atoms with Crippen molar-refractivity contribution < 1.29 is 13.6 Å². The minimum Gasteiger partial charge on any atom is -0.396 e. The summed E-state index contributed by atoms with van der Waals surface area (Å²) in [6, 6.07) is 7.63. The number of amides is 1. The van der Waals surface area contributed by atoms with Crippen LogP contribution in [0.5, 0.6) is 0 Å². The number of nitrogens with one attached hydrogen (secondary N) is 1. The lowest BCUT2D eigenvalue weighted by atomic mass is 10.2. The van der Waals surface area contributed by atoms with Gasteiger partial charge < -0.3 is 11.1 Å². The minimum absolute atomic E-state index is 0.000890. The molecule has 2 aromatic carbocycles. The van der Waals surface area contributed by atoms with E-state index in [-0.39, 0.29) is 16.9 Å². The first kappa shape index (κ1) is 13.5. The van der Waals surface area contributed by atoms with E-state index in [1.165, 1.54) is 30.3 Å². The standard InChI is InChI=1S/C13H9BrF2N2O/c14-10-5-7(15)1-3-9(10)13(19)18-8-2-4-12(17)11(16)6-8/h1-6H,17H2,(H,18,19). The zero-order valence-electron chi connectivity index (χ0n) is 9.58. The van der Waals surface area contributed by atoms with Gasteiger partial charge in [0.2, 0.25) is 0 Å². The number of hydrogen-bond acceptors (Lipinski definition) is 2. The molecule has 0 heterocycles. The second-order valence-corrected chi connectivity index (χ2v) is 4.67. The third-order valence-electron chi connectivity index (χ3n) is 2.43. The molecule has 1 amide bonds. The number of carbonyl (C=O) groups is 1. The molecular weight excluding hydrogens is 318 g/mol. The molecule has 0 fully saturated rings. The number of anilines is 2. The van der Waals surface area contributed by atoms with Gasteiger partial charge in [0.05, 0.1) is 11.3 Å². The van der Waals surface area contributed by atoms with Crippen LogP contribution in [0.4, 0.5) is 20.2 Å². The minimum atomic E-state index is -0.615. The summed E-state index contributed by atoms with van der Waals surface area (Å²) in [7, 11) is 0. The molecule has 2 rings (SSSR count). The van der Waals surface area contributed by atoms with Crippen molar-refractivity contribution in [3.05, 3.63) is 58.1 Å². The van der Waals surface area contributed by atoms with Crippen molar-refractivity contribution >= 4 is 33.2 Å². The van der Waals surface area contributed by atoms with Gasteiger partial charge in [-0.25, -0.2) is 8.78 Å². The van der Waals surface area contributed by atoms with E-state index in [1.54, 1.807) is 0 Å². The van der Waals surface area contributed by atoms with Gasteiger partial charge in [0.15, 0.2) is 0 Å². The molecule has 0 aromatic heterocycles. The van der Waals surface area contributed by atoms with Gasteiger partial charge in [0.25, 0.3) is 5.91 Å². The van der Waals surface area contributed by atoms with Crippen molar-refractivity contribution in [2.45, 2.75) is 0 Å². The van der Waals surface area contributed by atoms with Crippen LogP contribution in [0.2, 0.25) is 0 Å². The molecule has 0 unspecified atom stereocenters. The summed E-state index contributed by atoms with van der Waals surface area (Å²) in [6.45, 7) is 0. The SMILES string of the molecule is Nc1ccc(NC(=O)c2ccc(F)cc2Br)cc1F. The van der Waals surface area contributed by atoms with Gasteiger partial charge in [-0.1, -0.05) is 0 Å². The lowest BCUT2D eigenvalue weighted by Crippen LogP contribution is -2.13. The quantitative estimate of drug-likeness (QED) is 0.829. The van der Waals surface area contributed by atoms with E-state index in [1.807, 2.05) is 0 Å². The van der Waals surface area contributed by atoms with Crippen LogP contribution in [0.25, 0.3) is 0 Å². The molecule has 0 aliphatic heterocycles. The Morgan fingerprint density at radius 2 is 1.89 bits per heavy atom. The summed E-state index contributed by atoms with van der Waals surface area (Å²) in [6.07, 6.45) is 0. The average molecular weight is 327 g/mol. The second kappa shape index (κ2) is 5.36. The number of hydrogen-bond donors (Lipinski definition) is 2. The van der Waals surface area contributed by atoms with Crippen LogP contribution in [0, 0.1) is 11.6 Å². The van der Waals surface area contributed by atoms with Crippen molar-refractivity contribution in [2.24, 2.45) is 0 Å². The van der Waals surface area contributed by atoms with Crippen molar-refractivity contribution in [1.29, 1.82) is 0 Å². The normalized spacial score (nSPS) is 10.3. The van der Waals surface area contributed by atoms with Crippen molar-refractivity contribution in [1.82, 2.24) is 0 Å². The van der Waals surface area contributed by atoms with Gasteiger partial charge in [-0.15, -0.1) is 0 Å². The summed E-state index contributed by atoms with van der Waals surface area (Å²) in [4.78, 5) is 11.9. The molecule has 98 valence electrons. The summed E-state index contributed by atoms with van der Waals surface area (Å²) in [5, 5.41) is 2.50. The molecule has 0 aliphatic rings. The van der Waals surface area contributed by atoms with Gasteiger partial charge in [-0.3, -0.25) is 4.79 Å². The number of nitrogens with two attached hydrogens (primary N) is 1. The van der Waals surface area contributed by atoms with E-state index in [2.05, 4.69) is 21.2 Å².